The summed E-state index contributed by atoms with van der Waals surface area (Å²) in [6.45, 7) is 2.69. The second-order valence-electron chi connectivity index (χ2n) is 4.69. The Bertz CT molecular complexity index is 807. The predicted molar refractivity (Wildman–Crippen MR) is 79.9 cm³/mol. The Balaban J connectivity index is 1.79. The fourth-order valence-electron chi connectivity index (χ4n) is 1.90. The zero-order chi connectivity index (χ0) is 16.2. The Morgan fingerprint density at radius 3 is 2.65 bits per heavy atom. The number of furan rings is 1. The first-order valence-electron chi connectivity index (χ1n) is 6.99. The van der Waals surface area contributed by atoms with Crippen LogP contribution in [0.5, 0.6) is 5.75 Å². The van der Waals surface area contributed by atoms with Crippen LogP contribution in [0.4, 0.5) is 5.88 Å². The highest BCUT2D eigenvalue weighted by molar-refractivity contribution is 5.58. The molecule has 3 rings (SSSR count). The van der Waals surface area contributed by atoms with E-state index in [1.54, 1.807) is 12.1 Å². The van der Waals surface area contributed by atoms with E-state index >= 15 is 0 Å². The Hall–Kier alpha value is -3.16. The van der Waals surface area contributed by atoms with Crippen LogP contribution in [0.1, 0.15) is 13.3 Å². The van der Waals surface area contributed by atoms with Crippen molar-refractivity contribution in [2.75, 3.05) is 6.61 Å². The maximum absolute atomic E-state index is 10.6. The highest BCUT2D eigenvalue weighted by atomic mass is 16.6. The molecule has 8 heteroatoms. The fourth-order valence-corrected chi connectivity index (χ4v) is 1.90. The van der Waals surface area contributed by atoms with Gasteiger partial charge in [0, 0.05) is 5.56 Å². The van der Waals surface area contributed by atoms with Crippen LogP contribution in [-0.2, 0) is 0 Å². The third kappa shape index (κ3) is 3.20. The molecule has 2 heterocycles. The molecule has 0 fully saturated rings. The summed E-state index contributed by atoms with van der Waals surface area (Å²) in [5, 5.41) is 14.4. The van der Waals surface area contributed by atoms with Gasteiger partial charge in [0.15, 0.2) is 5.76 Å². The zero-order valence-electron chi connectivity index (χ0n) is 12.3. The number of benzene rings is 1. The van der Waals surface area contributed by atoms with Gasteiger partial charge in [-0.1, -0.05) is 12.1 Å². The molecule has 23 heavy (non-hydrogen) atoms. The fraction of sp³-hybridized carbons (Fsp3) is 0.200. The summed E-state index contributed by atoms with van der Waals surface area (Å²) in [5.41, 5.74) is 0.716. The molecule has 3 aromatic rings. The maximum Gasteiger partial charge on any atom is 0.433 e. The maximum atomic E-state index is 10.6. The summed E-state index contributed by atoms with van der Waals surface area (Å²) in [6.07, 6.45) is 0.935. The van der Waals surface area contributed by atoms with E-state index in [-0.39, 0.29) is 17.5 Å². The second-order valence-corrected chi connectivity index (χ2v) is 4.69. The number of rotatable bonds is 6. The van der Waals surface area contributed by atoms with Crippen molar-refractivity contribution in [3.8, 4) is 28.8 Å². The number of aromatic nitrogens is 2. The van der Waals surface area contributed by atoms with Crippen molar-refractivity contribution in [3.05, 3.63) is 46.5 Å². The largest absolute Gasteiger partial charge is 0.494 e. The Kier molecular flexibility index (Phi) is 4.05. The highest BCUT2D eigenvalue weighted by Gasteiger charge is 2.18. The lowest BCUT2D eigenvalue weighted by molar-refractivity contribution is -0.401. The van der Waals surface area contributed by atoms with E-state index in [9.17, 15) is 10.1 Å². The van der Waals surface area contributed by atoms with Crippen LogP contribution in [0.25, 0.3) is 23.0 Å². The van der Waals surface area contributed by atoms with Crippen LogP contribution in [0.3, 0.4) is 0 Å². The molecule has 0 N–H and O–H groups in total. The van der Waals surface area contributed by atoms with Crippen LogP contribution in [0.15, 0.2) is 45.3 Å². The predicted octanol–water partition coefficient (Wildman–Crippen LogP) is 3.69. The van der Waals surface area contributed by atoms with Crippen molar-refractivity contribution in [1.82, 2.24) is 10.1 Å². The monoisotopic (exact) mass is 315 g/mol. The quantitative estimate of drug-likeness (QED) is 0.504. The van der Waals surface area contributed by atoms with Crippen molar-refractivity contribution in [2.24, 2.45) is 0 Å². The van der Waals surface area contributed by atoms with Gasteiger partial charge >= 0.3 is 5.88 Å². The average Bonchev–Trinajstić information content (AvgIpc) is 3.22. The third-order valence-electron chi connectivity index (χ3n) is 2.99. The lowest BCUT2D eigenvalue weighted by Gasteiger charge is -2.03. The molecule has 0 spiro atoms. The number of nitro groups is 1. The van der Waals surface area contributed by atoms with E-state index in [1.807, 2.05) is 19.1 Å². The molecule has 0 unspecified atom stereocenters. The van der Waals surface area contributed by atoms with E-state index < -0.39 is 4.92 Å². The van der Waals surface area contributed by atoms with Crippen LogP contribution in [0, 0.1) is 10.1 Å². The van der Waals surface area contributed by atoms with Crippen molar-refractivity contribution in [2.45, 2.75) is 13.3 Å². The first kappa shape index (κ1) is 14.8. The smallest absolute Gasteiger partial charge is 0.433 e. The van der Waals surface area contributed by atoms with Crippen molar-refractivity contribution >= 4 is 5.88 Å². The van der Waals surface area contributed by atoms with Crippen molar-refractivity contribution in [1.29, 1.82) is 0 Å². The molecule has 0 saturated heterocycles. The van der Waals surface area contributed by atoms with E-state index in [1.165, 1.54) is 12.1 Å². The normalized spacial score (nSPS) is 10.7. The number of hydrogen-bond acceptors (Lipinski definition) is 7. The molecule has 0 aliphatic carbocycles. The number of nitrogens with zero attached hydrogens (tertiary/aromatic N) is 3. The first-order chi connectivity index (χ1) is 11.2. The molecule has 0 bridgehead atoms. The molecule has 0 radical (unpaired) electrons. The first-order valence-corrected chi connectivity index (χ1v) is 6.99. The molecule has 0 aliphatic heterocycles. The topological polar surface area (TPSA) is 104 Å². The minimum atomic E-state index is -0.625. The van der Waals surface area contributed by atoms with Gasteiger partial charge < -0.3 is 13.7 Å². The lowest BCUT2D eigenvalue weighted by Crippen LogP contribution is -1.94. The van der Waals surface area contributed by atoms with E-state index in [4.69, 9.17) is 13.7 Å². The molecule has 0 aliphatic rings. The Morgan fingerprint density at radius 1 is 1.22 bits per heavy atom. The zero-order valence-corrected chi connectivity index (χ0v) is 12.3. The molecule has 0 amide bonds. The highest BCUT2D eigenvalue weighted by Crippen LogP contribution is 2.27. The number of hydrogen-bond donors (Lipinski definition) is 0. The summed E-state index contributed by atoms with van der Waals surface area (Å²) in [5.74, 6) is 1.01. The van der Waals surface area contributed by atoms with Crippen molar-refractivity contribution in [3.63, 3.8) is 0 Å². The SMILES string of the molecule is CCCOc1ccc(-c2nc(-c3ccc([N+](=O)[O-])o3)no2)cc1. The standard InChI is InChI=1S/C15H13N3O5/c1-2-9-21-11-5-3-10(4-6-11)15-16-14(17-23-15)12-7-8-13(22-12)18(19)20/h3-8H,2,9H2,1H3. The summed E-state index contributed by atoms with van der Waals surface area (Å²) >= 11 is 0. The lowest BCUT2D eigenvalue weighted by atomic mass is 10.2. The summed E-state index contributed by atoms with van der Waals surface area (Å²) in [7, 11) is 0. The van der Waals surface area contributed by atoms with Crippen molar-refractivity contribution < 1.29 is 18.6 Å². The molecule has 1 aromatic carbocycles. The van der Waals surface area contributed by atoms with Gasteiger partial charge in [-0.05, 0) is 36.8 Å². The van der Waals surface area contributed by atoms with E-state index in [0.29, 0.717) is 18.1 Å². The molecule has 0 atom stereocenters. The van der Waals surface area contributed by atoms with Crippen LogP contribution >= 0.6 is 0 Å². The van der Waals surface area contributed by atoms with E-state index in [2.05, 4.69) is 10.1 Å². The molecule has 118 valence electrons. The van der Waals surface area contributed by atoms with Crippen LogP contribution in [-0.4, -0.2) is 21.7 Å². The average molecular weight is 315 g/mol. The minimum absolute atomic E-state index is 0.152. The molecular weight excluding hydrogens is 302 g/mol. The van der Waals surface area contributed by atoms with Crippen LogP contribution < -0.4 is 4.74 Å². The molecule has 2 aromatic heterocycles. The van der Waals surface area contributed by atoms with Gasteiger partial charge in [-0.15, -0.1) is 0 Å². The van der Waals surface area contributed by atoms with Crippen LogP contribution in [0.2, 0.25) is 0 Å². The second kappa shape index (κ2) is 6.30. The van der Waals surface area contributed by atoms with Gasteiger partial charge in [0.05, 0.1) is 12.7 Å². The van der Waals surface area contributed by atoms with Gasteiger partial charge in [-0.2, -0.15) is 4.98 Å². The molecule has 8 nitrogen and oxygen atoms in total. The molecule has 0 saturated carbocycles. The van der Waals surface area contributed by atoms with Gasteiger partial charge in [0.25, 0.3) is 5.89 Å². The Labute approximate surface area is 130 Å². The summed E-state index contributed by atoms with van der Waals surface area (Å²) < 4.78 is 15.7. The Morgan fingerprint density at radius 2 is 2.00 bits per heavy atom. The third-order valence-corrected chi connectivity index (χ3v) is 2.99. The van der Waals surface area contributed by atoms with Gasteiger partial charge in [0.1, 0.15) is 10.7 Å². The van der Waals surface area contributed by atoms with Gasteiger partial charge in [-0.25, -0.2) is 0 Å². The summed E-state index contributed by atoms with van der Waals surface area (Å²) in [6, 6.07) is 9.89. The minimum Gasteiger partial charge on any atom is -0.494 e. The van der Waals surface area contributed by atoms with E-state index in [0.717, 1.165) is 12.2 Å². The molecular formula is C15H13N3O5. The van der Waals surface area contributed by atoms with Gasteiger partial charge in [-0.3, -0.25) is 10.1 Å². The van der Waals surface area contributed by atoms with Gasteiger partial charge in [0.2, 0.25) is 5.82 Å². The number of ether oxygens (including phenoxy) is 1. The summed E-state index contributed by atoms with van der Waals surface area (Å²) in [4.78, 5) is 14.2.